The van der Waals surface area contributed by atoms with Gasteiger partial charge in [-0.3, -0.25) is 0 Å². The highest BCUT2D eigenvalue weighted by molar-refractivity contribution is 7.33. The lowest BCUT2D eigenvalue weighted by Gasteiger charge is -2.10. The molecule has 0 bridgehead atoms. The summed E-state index contributed by atoms with van der Waals surface area (Å²) in [5.74, 6) is 2.01. The maximum atomic E-state index is 5.00. The predicted molar refractivity (Wildman–Crippen MR) is 216 cm³/mol. The zero-order chi connectivity index (χ0) is 33.5. The van der Waals surface area contributed by atoms with Crippen molar-refractivity contribution in [1.29, 1.82) is 0 Å². The summed E-state index contributed by atoms with van der Waals surface area (Å²) >= 11 is 3.75. The molecule has 238 valence electrons. The van der Waals surface area contributed by atoms with Crippen molar-refractivity contribution in [1.82, 2.24) is 19.5 Å². The van der Waals surface area contributed by atoms with E-state index in [1.165, 1.54) is 67.8 Å². The number of rotatable bonds is 4. The lowest BCUT2D eigenvalue weighted by molar-refractivity contribution is 1.07. The molecule has 0 atom stereocenters. The van der Waals surface area contributed by atoms with Gasteiger partial charge in [0.25, 0.3) is 0 Å². The Labute approximate surface area is 300 Å². The van der Waals surface area contributed by atoms with Crippen molar-refractivity contribution >= 4 is 84.8 Å². The third kappa shape index (κ3) is 4.40. The van der Waals surface area contributed by atoms with Gasteiger partial charge < -0.3 is 4.57 Å². The third-order valence-corrected chi connectivity index (χ3v) is 12.4. The quantitative estimate of drug-likeness (QED) is 0.185. The fraction of sp³-hybridized carbons (Fsp3) is 0. The first kappa shape index (κ1) is 28.6. The molecule has 4 aromatic heterocycles. The van der Waals surface area contributed by atoms with Gasteiger partial charge in [-0.05, 0) is 30.3 Å². The molecule has 0 spiro atoms. The molecule has 0 fully saturated rings. The van der Waals surface area contributed by atoms with Crippen molar-refractivity contribution in [2.24, 2.45) is 0 Å². The molecule has 0 saturated carbocycles. The molecule has 0 N–H and O–H groups in total. The van der Waals surface area contributed by atoms with Crippen LogP contribution >= 0.6 is 22.7 Å². The molecule has 0 amide bonds. The first-order valence-electron chi connectivity index (χ1n) is 16.9. The molecule has 4 nitrogen and oxygen atoms in total. The minimum Gasteiger partial charge on any atom is -0.309 e. The molecule has 0 unspecified atom stereocenters. The summed E-state index contributed by atoms with van der Waals surface area (Å²) in [6, 6.07) is 55.8. The Balaban J connectivity index is 1.11. The highest BCUT2D eigenvalue weighted by Gasteiger charge is 2.20. The molecule has 0 aliphatic rings. The van der Waals surface area contributed by atoms with Crippen LogP contribution in [0.1, 0.15) is 0 Å². The lowest BCUT2D eigenvalue weighted by Crippen LogP contribution is -1.99. The zero-order valence-corrected chi connectivity index (χ0v) is 28.7. The summed E-state index contributed by atoms with van der Waals surface area (Å²) in [5, 5.41) is 7.68. The molecule has 51 heavy (non-hydrogen) atoms. The van der Waals surface area contributed by atoms with E-state index in [4.69, 9.17) is 15.0 Å². The van der Waals surface area contributed by atoms with E-state index in [9.17, 15) is 0 Å². The second kappa shape index (κ2) is 11.2. The normalized spacial score (nSPS) is 11.9. The fourth-order valence-electron chi connectivity index (χ4n) is 7.54. The zero-order valence-electron chi connectivity index (χ0n) is 27.1. The molecule has 6 heteroatoms. The van der Waals surface area contributed by atoms with Crippen LogP contribution in [0.3, 0.4) is 0 Å². The Kier molecular flexibility index (Phi) is 6.26. The Bertz CT molecular complexity index is 3030. The fourth-order valence-corrected chi connectivity index (χ4v) is 10.1. The summed E-state index contributed by atoms with van der Waals surface area (Å²) in [7, 11) is 0. The van der Waals surface area contributed by atoms with Gasteiger partial charge in [0, 0.05) is 58.4 Å². The van der Waals surface area contributed by atoms with Crippen LogP contribution in [0, 0.1) is 0 Å². The molecular weight excluding hydrogens is 661 g/mol. The van der Waals surface area contributed by atoms with Gasteiger partial charge in [-0.25, -0.2) is 15.0 Å². The number of para-hydroxylation sites is 2. The van der Waals surface area contributed by atoms with E-state index in [2.05, 4.69) is 102 Å². The summed E-state index contributed by atoms with van der Waals surface area (Å²) in [6.45, 7) is 0. The van der Waals surface area contributed by atoms with Crippen molar-refractivity contribution < 1.29 is 0 Å². The number of hydrogen-bond donors (Lipinski definition) is 0. The lowest BCUT2D eigenvalue weighted by atomic mass is 10.1. The molecular formula is C45H26N4S2. The van der Waals surface area contributed by atoms with Crippen LogP contribution in [0.25, 0.3) is 102 Å². The van der Waals surface area contributed by atoms with Crippen LogP contribution in [0.15, 0.2) is 158 Å². The molecule has 7 aromatic carbocycles. The van der Waals surface area contributed by atoms with Crippen LogP contribution in [0.4, 0.5) is 0 Å². The summed E-state index contributed by atoms with van der Waals surface area (Å²) < 4.78 is 7.61. The number of nitrogens with zero attached hydrogens (tertiary/aromatic N) is 4. The molecule has 0 aliphatic carbocycles. The molecule has 4 heterocycles. The number of fused-ring (bicyclic) bond motifs is 10. The van der Waals surface area contributed by atoms with Crippen LogP contribution < -0.4 is 0 Å². The van der Waals surface area contributed by atoms with Crippen molar-refractivity contribution in [2.75, 3.05) is 0 Å². The monoisotopic (exact) mass is 686 g/mol. The van der Waals surface area contributed by atoms with Gasteiger partial charge in [-0.2, -0.15) is 0 Å². The van der Waals surface area contributed by atoms with Gasteiger partial charge in [0.05, 0.1) is 26.1 Å². The van der Waals surface area contributed by atoms with Crippen molar-refractivity contribution in [3.63, 3.8) is 0 Å². The number of benzene rings is 7. The Morgan fingerprint density at radius 1 is 0.373 bits per heavy atom. The number of thiophene rings is 2. The van der Waals surface area contributed by atoms with Gasteiger partial charge in [-0.1, -0.05) is 127 Å². The summed E-state index contributed by atoms with van der Waals surface area (Å²) in [5.41, 5.74) is 6.59. The van der Waals surface area contributed by atoms with E-state index in [0.29, 0.717) is 17.5 Å². The van der Waals surface area contributed by atoms with Crippen molar-refractivity contribution in [3.05, 3.63) is 158 Å². The Hall–Kier alpha value is -6.21. The predicted octanol–water partition coefficient (Wildman–Crippen LogP) is 12.7. The Morgan fingerprint density at radius 2 is 0.902 bits per heavy atom. The van der Waals surface area contributed by atoms with Crippen molar-refractivity contribution in [3.8, 4) is 39.9 Å². The maximum absolute atomic E-state index is 5.00. The standard InChI is InChI=1S/C45H26N4S2/c1-3-12-27(13-4-1)43-46-44(28-14-5-2-6-15-28)48-45(47-43)29-22-23-32-33-24-25-34-40-37(20-11-21-38(40)50-42(34)41(33)51-39(32)26-29)49-35-18-9-7-16-30(35)31-17-8-10-19-36(31)49/h1-26H. The van der Waals surface area contributed by atoms with E-state index in [1.54, 1.807) is 0 Å². The van der Waals surface area contributed by atoms with E-state index in [1.807, 2.05) is 83.3 Å². The van der Waals surface area contributed by atoms with E-state index in [-0.39, 0.29) is 0 Å². The SMILES string of the molecule is c1ccc(-c2nc(-c3ccccc3)nc(-c3ccc4c(c3)sc3c4ccc4c3sc3cccc(-n5c6ccccc6c6ccccc65)c34)n2)cc1. The molecule has 11 rings (SSSR count). The molecule has 0 radical (unpaired) electrons. The Morgan fingerprint density at radius 3 is 1.57 bits per heavy atom. The van der Waals surface area contributed by atoms with Crippen LogP contribution in [0.5, 0.6) is 0 Å². The first-order chi connectivity index (χ1) is 25.3. The molecule has 0 saturated heterocycles. The maximum Gasteiger partial charge on any atom is 0.164 e. The van der Waals surface area contributed by atoms with Gasteiger partial charge in [0.15, 0.2) is 17.5 Å². The van der Waals surface area contributed by atoms with Crippen molar-refractivity contribution in [2.45, 2.75) is 0 Å². The molecule has 0 aliphatic heterocycles. The largest absolute Gasteiger partial charge is 0.309 e. The van der Waals surface area contributed by atoms with Crippen LogP contribution in [-0.4, -0.2) is 19.5 Å². The average Bonchev–Trinajstić information content (AvgIpc) is 3.88. The van der Waals surface area contributed by atoms with Crippen LogP contribution in [0.2, 0.25) is 0 Å². The van der Waals surface area contributed by atoms with Crippen LogP contribution in [-0.2, 0) is 0 Å². The molecule has 11 aromatic rings. The summed E-state index contributed by atoms with van der Waals surface area (Å²) in [6.07, 6.45) is 0. The second-order valence-electron chi connectivity index (χ2n) is 12.8. The topological polar surface area (TPSA) is 43.6 Å². The van der Waals surface area contributed by atoms with E-state index < -0.39 is 0 Å². The highest BCUT2D eigenvalue weighted by Crippen LogP contribution is 2.47. The summed E-state index contributed by atoms with van der Waals surface area (Å²) in [4.78, 5) is 14.9. The van der Waals surface area contributed by atoms with Gasteiger partial charge in [-0.15, -0.1) is 22.7 Å². The first-order valence-corrected chi connectivity index (χ1v) is 18.6. The van der Waals surface area contributed by atoms with E-state index in [0.717, 1.165) is 16.7 Å². The number of hydrogen-bond acceptors (Lipinski definition) is 5. The second-order valence-corrected chi connectivity index (χ2v) is 14.9. The highest BCUT2D eigenvalue weighted by atomic mass is 32.1. The van der Waals surface area contributed by atoms with E-state index >= 15 is 0 Å². The number of aromatic nitrogens is 4. The van der Waals surface area contributed by atoms with Gasteiger partial charge >= 0.3 is 0 Å². The van der Waals surface area contributed by atoms with Gasteiger partial charge in [0.2, 0.25) is 0 Å². The third-order valence-electron chi connectivity index (χ3n) is 9.86. The minimum absolute atomic E-state index is 0.668. The average molecular weight is 687 g/mol. The van der Waals surface area contributed by atoms with Gasteiger partial charge in [0.1, 0.15) is 0 Å². The smallest absolute Gasteiger partial charge is 0.164 e. The minimum atomic E-state index is 0.668.